The third kappa shape index (κ3) is 1.21. The summed E-state index contributed by atoms with van der Waals surface area (Å²) in [6, 6.07) is 7.77. The molecule has 0 aromatic heterocycles. The second kappa shape index (κ2) is 3.17. The highest BCUT2D eigenvalue weighted by atomic mass is 16.3. The molecule has 0 aliphatic carbocycles. The molecule has 1 heterocycles. The molecule has 1 aromatic rings. The standard InChI is InChI=1S/C10H10N2O/c11-4-7-2-1-3-8-9(7)5-12-10(8)6-13/h1-3,10,12-13H,5-6H2. The molecule has 1 atom stereocenters. The lowest BCUT2D eigenvalue weighted by atomic mass is 10.0. The number of fused-ring (bicyclic) bond motifs is 1. The molecule has 2 N–H and O–H groups in total. The van der Waals surface area contributed by atoms with E-state index in [-0.39, 0.29) is 12.6 Å². The minimum atomic E-state index is 0.00306. The molecule has 0 bridgehead atoms. The number of hydrogen-bond acceptors (Lipinski definition) is 3. The van der Waals surface area contributed by atoms with Crippen LogP contribution in [-0.2, 0) is 6.54 Å². The molecule has 13 heavy (non-hydrogen) atoms. The molecule has 0 spiro atoms. The Balaban J connectivity index is 2.50. The second-order valence-corrected chi connectivity index (χ2v) is 3.10. The molecular weight excluding hydrogens is 164 g/mol. The van der Waals surface area contributed by atoms with E-state index in [4.69, 9.17) is 10.4 Å². The molecule has 1 aliphatic heterocycles. The smallest absolute Gasteiger partial charge is 0.0995 e. The Kier molecular flexibility index (Phi) is 2.01. The van der Waals surface area contributed by atoms with Gasteiger partial charge in [0.1, 0.15) is 0 Å². The van der Waals surface area contributed by atoms with E-state index < -0.39 is 0 Å². The molecule has 1 unspecified atom stereocenters. The Labute approximate surface area is 76.6 Å². The van der Waals surface area contributed by atoms with E-state index in [1.165, 1.54) is 0 Å². The molecule has 1 aliphatic rings. The average molecular weight is 174 g/mol. The fourth-order valence-corrected chi connectivity index (χ4v) is 1.73. The minimum absolute atomic E-state index is 0.00306. The molecular formula is C10H10N2O. The predicted molar refractivity (Wildman–Crippen MR) is 47.8 cm³/mol. The maximum absolute atomic E-state index is 9.03. The highest BCUT2D eigenvalue weighted by molar-refractivity contribution is 5.46. The van der Waals surface area contributed by atoms with Crippen molar-refractivity contribution in [2.24, 2.45) is 0 Å². The largest absolute Gasteiger partial charge is 0.394 e. The summed E-state index contributed by atoms with van der Waals surface area (Å²) in [6.07, 6.45) is 0. The number of nitrogens with one attached hydrogen (secondary N) is 1. The number of rotatable bonds is 1. The lowest BCUT2D eigenvalue weighted by Gasteiger charge is -2.06. The summed E-state index contributed by atoms with van der Waals surface area (Å²) < 4.78 is 0. The maximum Gasteiger partial charge on any atom is 0.0995 e. The van der Waals surface area contributed by atoms with Crippen LogP contribution in [0.25, 0.3) is 0 Å². The van der Waals surface area contributed by atoms with E-state index in [1.54, 1.807) is 6.07 Å². The fourth-order valence-electron chi connectivity index (χ4n) is 1.73. The summed E-state index contributed by atoms with van der Waals surface area (Å²) in [6.45, 7) is 0.770. The summed E-state index contributed by atoms with van der Waals surface area (Å²) in [7, 11) is 0. The molecule has 3 heteroatoms. The normalized spacial score (nSPS) is 19.5. The van der Waals surface area contributed by atoms with Gasteiger partial charge < -0.3 is 10.4 Å². The molecule has 0 saturated heterocycles. The molecule has 0 saturated carbocycles. The van der Waals surface area contributed by atoms with Crippen molar-refractivity contribution >= 4 is 0 Å². The Morgan fingerprint density at radius 3 is 3.15 bits per heavy atom. The number of hydrogen-bond donors (Lipinski definition) is 2. The fraction of sp³-hybridized carbons (Fsp3) is 0.300. The van der Waals surface area contributed by atoms with Crippen LogP contribution < -0.4 is 5.32 Å². The van der Waals surface area contributed by atoms with Gasteiger partial charge in [-0.25, -0.2) is 0 Å². The summed E-state index contributed by atoms with van der Waals surface area (Å²) in [5.74, 6) is 0. The number of aliphatic hydroxyl groups is 1. The molecule has 1 aromatic carbocycles. The van der Waals surface area contributed by atoms with Crippen LogP contribution in [-0.4, -0.2) is 11.7 Å². The van der Waals surface area contributed by atoms with Crippen LogP contribution in [0.5, 0.6) is 0 Å². The van der Waals surface area contributed by atoms with Gasteiger partial charge in [-0.1, -0.05) is 12.1 Å². The van der Waals surface area contributed by atoms with E-state index in [2.05, 4.69) is 11.4 Å². The Morgan fingerprint density at radius 2 is 2.46 bits per heavy atom. The van der Waals surface area contributed by atoms with E-state index in [0.717, 1.165) is 11.1 Å². The quantitative estimate of drug-likeness (QED) is 0.658. The number of nitriles is 1. The number of benzene rings is 1. The number of nitrogens with zero attached hydrogens (tertiary/aromatic N) is 1. The van der Waals surface area contributed by atoms with E-state index in [0.29, 0.717) is 12.1 Å². The predicted octanol–water partition coefficient (Wildman–Crippen LogP) is 0.695. The molecule has 0 amide bonds. The van der Waals surface area contributed by atoms with Gasteiger partial charge in [-0.2, -0.15) is 5.26 Å². The van der Waals surface area contributed by atoms with Gasteiger partial charge in [-0.05, 0) is 17.2 Å². The van der Waals surface area contributed by atoms with Crippen LogP contribution in [0, 0.1) is 11.3 Å². The lowest BCUT2D eigenvalue weighted by molar-refractivity contribution is 0.251. The molecule has 0 fully saturated rings. The van der Waals surface area contributed by atoms with Crippen molar-refractivity contribution in [2.45, 2.75) is 12.6 Å². The van der Waals surface area contributed by atoms with Gasteiger partial charge in [0, 0.05) is 6.54 Å². The van der Waals surface area contributed by atoms with Crippen molar-refractivity contribution in [1.29, 1.82) is 5.26 Å². The van der Waals surface area contributed by atoms with Crippen molar-refractivity contribution in [3.8, 4) is 6.07 Å². The maximum atomic E-state index is 9.03. The first-order valence-corrected chi connectivity index (χ1v) is 4.23. The molecule has 3 nitrogen and oxygen atoms in total. The van der Waals surface area contributed by atoms with Crippen LogP contribution in [0.2, 0.25) is 0 Å². The van der Waals surface area contributed by atoms with Crippen LogP contribution in [0.3, 0.4) is 0 Å². The summed E-state index contributed by atoms with van der Waals surface area (Å²) in [4.78, 5) is 0. The van der Waals surface area contributed by atoms with Gasteiger partial charge in [-0.3, -0.25) is 0 Å². The number of aliphatic hydroxyl groups excluding tert-OH is 1. The first kappa shape index (κ1) is 8.24. The van der Waals surface area contributed by atoms with Crippen molar-refractivity contribution in [2.75, 3.05) is 6.61 Å². The summed E-state index contributed by atoms with van der Waals surface area (Å²) in [5.41, 5.74) is 2.80. The van der Waals surface area contributed by atoms with Gasteiger partial charge in [0.15, 0.2) is 0 Å². The van der Waals surface area contributed by atoms with E-state index in [9.17, 15) is 0 Å². The Morgan fingerprint density at radius 1 is 1.62 bits per heavy atom. The average Bonchev–Trinajstić information content (AvgIpc) is 2.60. The van der Waals surface area contributed by atoms with Gasteiger partial charge in [0.05, 0.1) is 24.3 Å². The molecule has 0 radical (unpaired) electrons. The van der Waals surface area contributed by atoms with Crippen LogP contribution >= 0.6 is 0 Å². The van der Waals surface area contributed by atoms with Crippen LogP contribution in [0.4, 0.5) is 0 Å². The lowest BCUT2D eigenvalue weighted by Crippen LogP contribution is -2.15. The van der Waals surface area contributed by atoms with Crippen molar-refractivity contribution in [3.63, 3.8) is 0 Å². The zero-order chi connectivity index (χ0) is 9.26. The zero-order valence-electron chi connectivity index (χ0n) is 7.12. The van der Waals surface area contributed by atoms with Gasteiger partial charge in [0.25, 0.3) is 0 Å². The first-order chi connectivity index (χ1) is 6.36. The Hall–Kier alpha value is -1.37. The highest BCUT2D eigenvalue weighted by Gasteiger charge is 2.22. The van der Waals surface area contributed by atoms with Crippen LogP contribution in [0.1, 0.15) is 22.7 Å². The molecule has 66 valence electrons. The summed E-state index contributed by atoms with van der Waals surface area (Å²) >= 11 is 0. The van der Waals surface area contributed by atoms with Crippen molar-refractivity contribution in [1.82, 2.24) is 5.32 Å². The van der Waals surface area contributed by atoms with Gasteiger partial charge >= 0.3 is 0 Å². The highest BCUT2D eigenvalue weighted by Crippen LogP contribution is 2.26. The topological polar surface area (TPSA) is 56.0 Å². The van der Waals surface area contributed by atoms with Crippen molar-refractivity contribution in [3.05, 3.63) is 34.9 Å². The molecule has 2 rings (SSSR count). The van der Waals surface area contributed by atoms with Crippen molar-refractivity contribution < 1.29 is 5.11 Å². The van der Waals surface area contributed by atoms with E-state index >= 15 is 0 Å². The third-order valence-electron chi connectivity index (χ3n) is 2.42. The third-order valence-corrected chi connectivity index (χ3v) is 2.42. The Bertz CT molecular complexity index is 368. The second-order valence-electron chi connectivity index (χ2n) is 3.10. The van der Waals surface area contributed by atoms with Gasteiger partial charge in [-0.15, -0.1) is 0 Å². The first-order valence-electron chi connectivity index (χ1n) is 4.23. The monoisotopic (exact) mass is 174 g/mol. The van der Waals surface area contributed by atoms with Gasteiger partial charge in [0.2, 0.25) is 0 Å². The van der Waals surface area contributed by atoms with E-state index in [1.807, 2.05) is 12.1 Å². The van der Waals surface area contributed by atoms with Crippen LogP contribution in [0.15, 0.2) is 18.2 Å². The minimum Gasteiger partial charge on any atom is -0.394 e. The summed E-state index contributed by atoms with van der Waals surface area (Å²) in [5, 5.41) is 21.0. The SMILES string of the molecule is N#Cc1cccc2c1CNC2CO. The zero-order valence-corrected chi connectivity index (χ0v) is 7.12.